The van der Waals surface area contributed by atoms with Gasteiger partial charge in [0.25, 0.3) is 0 Å². The van der Waals surface area contributed by atoms with Gasteiger partial charge in [-0.25, -0.2) is 14.8 Å². The van der Waals surface area contributed by atoms with E-state index in [0.717, 1.165) is 51.0 Å². The predicted molar refractivity (Wildman–Crippen MR) is 162 cm³/mol. The first-order valence-electron chi connectivity index (χ1n) is 13.1. The van der Waals surface area contributed by atoms with Crippen molar-refractivity contribution in [1.82, 2.24) is 9.97 Å². The van der Waals surface area contributed by atoms with Gasteiger partial charge in [-0.3, -0.25) is 0 Å². The zero-order chi connectivity index (χ0) is 27.7. The molecule has 5 rings (SSSR count). The first kappa shape index (κ1) is 27.1. The standard InChI is InChI=1S/C32H32ClN3O2S/c1-19(2)14-27-28(32(4)13-12-26(33)20(3)17-32)35-31(39-27)36-29-25(30(37)38-5)16-24(18-34-29)23-11-10-21-8-6-7-9-22(21)15-23/h6-13,15-16,18-19H,14,17H2,1-5H3,(H,34,35,36). The number of fused-ring (bicyclic) bond motifs is 1. The Morgan fingerprint density at radius 2 is 1.92 bits per heavy atom. The summed E-state index contributed by atoms with van der Waals surface area (Å²) >= 11 is 7.99. The molecule has 39 heavy (non-hydrogen) atoms. The van der Waals surface area contributed by atoms with Crippen molar-refractivity contribution in [3.8, 4) is 11.1 Å². The Bertz CT molecular complexity index is 1620. The molecule has 4 aromatic rings. The Kier molecular flexibility index (Phi) is 7.61. The number of aromatic nitrogens is 2. The lowest BCUT2D eigenvalue weighted by atomic mass is 9.77. The maximum atomic E-state index is 12.9. The Balaban J connectivity index is 1.52. The number of carbonyl (C=O) groups excluding carboxylic acids is 1. The summed E-state index contributed by atoms with van der Waals surface area (Å²) < 4.78 is 5.13. The zero-order valence-corrected chi connectivity index (χ0v) is 24.4. The summed E-state index contributed by atoms with van der Waals surface area (Å²) in [4.78, 5) is 23.8. The third-order valence-electron chi connectivity index (χ3n) is 7.07. The number of carbonyl (C=O) groups is 1. The van der Waals surface area contributed by atoms with Crippen LogP contribution in [0.4, 0.5) is 10.9 Å². The quantitative estimate of drug-likeness (QED) is 0.230. The van der Waals surface area contributed by atoms with Crippen molar-refractivity contribution in [3.63, 3.8) is 0 Å². The number of methoxy groups -OCH3 is 1. The predicted octanol–water partition coefficient (Wildman–Crippen LogP) is 8.82. The largest absolute Gasteiger partial charge is 0.465 e. The highest BCUT2D eigenvalue weighted by Crippen LogP contribution is 2.43. The summed E-state index contributed by atoms with van der Waals surface area (Å²) in [5.41, 5.74) is 4.11. The summed E-state index contributed by atoms with van der Waals surface area (Å²) in [5, 5.41) is 7.12. The van der Waals surface area contributed by atoms with Gasteiger partial charge >= 0.3 is 5.97 Å². The fraction of sp³-hybridized carbons (Fsp3) is 0.281. The van der Waals surface area contributed by atoms with Crippen LogP contribution in [-0.4, -0.2) is 23.0 Å². The number of ether oxygens (including phenoxy) is 1. The van der Waals surface area contributed by atoms with Crippen molar-refractivity contribution < 1.29 is 9.53 Å². The van der Waals surface area contributed by atoms with Crippen LogP contribution < -0.4 is 5.32 Å². The Hall–Kier alpha value is -3.48. The second-order valence-corrected chi connectivity index (χ2v) is 12.2. The van der Waals surface area contributed by atoms with Gasteiger partial charge in [-0.1, -0.05) is 80.4 Å². The molecule has 7 heteroatoms. The number of halogens is 1. The summed E-state index contributed by atoms with van der Waals surface area (Å²) in [5.74, 6) is 0.439. The number of hydrogen-bond acceptors (Lipinski definition) is 6. The van der Waals surface area contributed by atoms with Crippen molar-refractivity contribution in [1.29, 1.82) is 0 Å². The number of rotatable bonds is 7. The lowest BCUT2D eigenvalue weighted by Gasteiger charge is -2.29. The van der Waals surface area contributed by atoms with E-state index >= 15 is 0 Å². The highest BCUT2D eigenvalue weighted by molar-refractivity contribution is 7.15. The maximum absolute atomic E-state index is 12.9. The lowest BCUT2D eigenvalue weighted by molar-refractivity contribution is 0.0601. The van der Waals surface area contributed by atoms with Crippen molar-refractivity contribution >= 4 is 50.6 Å². The minimum Gasteiger partial charge on any atom is -0.465 e. The van der Waals surface area contributed by atoms with Gasteiger partial charge in [0, 0.05) is 27.1 Å². The molecule has 200 valence electrons. The van der Waals surface area contributed by atoms with Crippen LogP contribution >= 0.6 is 22.9 Å². The van der Waals surface area contributed by atoms with E-state index in [9.17, 15) is 4.79 Å². The average Bonchev–Trinajstić information content (AvgIpc) is 3.32. The molecule has 0 saturated heterocycles. The van der Waals surface area contributed by atoms with Gasteiger partial charge in [0.05, 0.1) is 12.8 Å². The second kappa shape index (κ2) is 10.9. The highest BCUT2D eigenvalue weighted by Gasteiger charge is 2.33. The third-order valence-corrected chi connectivity index (χ3v) is 8.51. The molecular formula is C32H32ClN3O2S. The fourth-order valence-electron chi connectivity index (χ4n) is 5.07. The van der Waals surface area contributed by atoms with E-state index in [1.807, 2.05) is 30.3 Å². The molecule has 0 bridgehead atoms. The van der Waals surface area contributed by atoms with E-state index in [1.165, 1.54) is 12.0 Å². The molecule has 2 heterocycles. The molecule has 5 nitrogen and oxygen atoms in total. The van der Waals surface area contributed by atoms with Crippen molar-refractivity contribution in [3.05, 3.63) is 93.6 Å². The normalized spacial score (nSPS) is 17.2. The molecule has 1 N–H and O–H groups in total. The van der Waals surface area contributed by atoms with E-state index < -0.39 is 5.97 Å². The van der Waals surface area contributed by atoms with E-state index in [2.05, 4.69) is 68.3 Å². The van der Waals surface area contributed by atoms with E-state index in [4.69, 9.17) is 21.3 Å². The van der Waals surface area contributed by atoms with Gasteiger partial charge in [-0.05, 0) is 60.2 Å². The number of hydrogen-bond donors (Lipinski definition) is 1. The summed E-state index contributed by atoms with van der Waals surface area (Å²) in [6.07, 6.45) is 7.63. The van der Waals surface area contributed by atoms with Crippen LogP contribution in [0.15, 0.2) is 77.5 Å². The van der Waals surface area contributed by atoms with Crippen LogP contribution in [-0.2, 0) is 16.6 Å². The number of nitrogens with one attached hydrogen (secondary N) is 1. The summed E-state index contributed by atoms with van der Waals surface area (Å²) in [7, 11) is 1.38. The molecule has 0 amide bonds. The minimum absolute atomic E-state index is 0.262. The van der Waals surface area contributed by atoms with Crippen LogP contribution in [0.1, 0.15) is 55.0 Å². The molecule has 1 atom stereocenters. The molecule has 1 aliphatic carbocycles. The van der Waals surface area contributed by atoms with Crippen molar-refractivity contribution in [2.45, 2.75) is 46.0 Å². The number of allylic oxidation sites excluding steroid dienone is 4. The number of thiazole rings is 1. The topological polar surface area (TPSA) is 64.1 Å². The minimum atomic E-state index is -0.454. The Morgan fingerprint density at radius 1 is 1.15 bits per heavy atom. The molecule has 1 aliphatic rings. The van der Waals surface area contributed by atoms with Gasteiger partial charge in [-0.2, -0.15) is 0 Å². The highest BCUT2D eigenvalue weighted by atomic mass is 35.5. The molecular weight excluding hydrogens is 526 g/mol. The number of nitrogens with zero attached hydrogens (tertiary/aromatic N) is 2. The smallest absolute Gasteiger partial charge is 0.341 e. The monoisotopic (exact) mass is 557 g/mol. The first-order valence-corrected chi connectivity index (χ1v) is 14.3. The molecule has 2 aromatic carbocycles. The Labute approximate surface area is 238 Å². The summed E-state index contributed by atoms with van der Waals surface area (Å²) in [6.45, 7) is 8.69. The third kappa shape index (κ3) is 5.63. The molecule has 0 aliphatic heterocycles. The zero-order valence-electron chi connectivity index (χ0n) is 22.8. The number of pyridine rings is 1. The number of anilines is 2. The van der Waals surface area contributed by atoms with E-state index in [-0.39, 0.29) is 5.41 Å². The maximum Gasteiger partial charge on any atom is 0.341 e. The van der Waals surface area contributed by atoms with Crippen LogP contribution in [0.5, 0.6) is 0 Å². The molecule has 0 spiro atoms. The van der Waals surface area contributed by atoms with Crippen LogP contribution in [0.2, 0.25) is 0 Å². The SMILES string of the molecule is COC(=O)c1cc(-c2ccc3ccccc3c2)cnc1Nc1nc(C2(C)C=CC(Cl)=C(C)C2)c(CC(C)C)s1. The van der Waals surface area contributed by atoms with Gasteiger partial charge in [0.2, 0.25) is 0 Å². The van der Waals surface area contributed by atoms with E-state index in [1.54, 1.807) is 17.5 Å². The van der Waals surface area contributed by atoms with Crippen molar-refractivity contribution in [2.24, 2.45) is 5.92 Å². The fourth-order valence-corrected chi connectivity index (χ4v) is 6.51. The van der Waals surface area contributed by atoms with Gasteiger partial charge in [0.1, 0.15) is 11.4 Å². The second-order valence-electron chi connectivity index (χ2n) is 10.7. The van der Waals surface area contributed by atoms with Crippen LogP contribution in [0, 0.1) is 5.92 Å². The van der Waals surface area contributed by atoms with Gasteiger partial charge < -0.3 is 10.1 Å². The van der Waals surface area contributed by atoms with Gasteiger partial charge in [-0.15, -0.1) is 11.3 Å². The molecule has 0 fully saturated rings. The van der Waals surface area contributed by atoms with Crippen LogP contribution in [0.25, 0.3) is 21.9 Å². The number of benzene rings is 2. The number of esters is 1. The summed E-state index contributed by atoms with van der Waals surface area (Å²) in [6, 6.07) is 16.2. The van der Waals surface area contributed by atoms with Crippen molar-refractivity contribution in [2.75, 3.05) is 12.4 Å². The molecule has 2 aromatic heterocycles. The molecule has 1 unspecified atom stereocenters. The molecule has 0 saturated carbocycles. The average molecular weight is 558 g/mol. The first-order chi connectivity index (χ1) is 18.7. The van der Waals surface area contributed by atoms with Crippen LogP contribution in [0.3, 0.4) is 0 Å². The Morgan fingerprint density at radius 3 is 2.64 bits per heavy atom. The lowest BCUT2D eigenvalue weighted by Crippen LogP contribution is -2.24. The van der Waals surface area contributed by atoms with E-state index in [0.29, 0.717) is 22.4 Å². The molecule has 0 radical (unpaired) electrons. The van der Waals surface area contributed by atoms with Gasteiger partial charge in [0.15, 0.2) is 5.13 Å².